The number of nitrogens with one attached hydrogen (secondary N) is 2. The summed E-state index contributed by atoms with van der Waals surface area (Å²) < 4.78 is 6.57. The number of hydrogen-bond donors (Lipinski definition) is 2. The number of nitrogens with zero attached hydrogens (tertiary/aromatic N) is 3. The van der Waals surface area contributed by atoms with Crippen LogP contribution in [0.3, 0.4) is 0 Å². The van der Waals surface area contributed by atoms with Crippen molar-refractivity contribution in [2.24, 2.45) is 7.05 Å². The minimum Gasteiger partial charge on any atom is -0.360 e. The maximum Gasteiger partial charge on any atom is 0.320 e. The van der Waals surface area contributed by atoms with E-state index in [9.17, 15) is 4.79 Å². The molecule has 0 bridgehead atoms. The summed E-state index contributed by atoms with van der Waals surface area (Å²) in [7, 11) is 1.86. The van der Waals surface area contributed by atoms with Crippen molar-refractivity contribution in [3.8, 4) is 0 Å². The van der Waals surface area contributed by atoms with E-state index < -0.39 is 0 Å². The molecule has 0 saturated carbocycles. The van der Waals surface area contributed by atoms with Crippen LogP contribution >= 0.6 is 0 Å². The third-order valence-electron chi connectivity index (χ3n) is 2.33. The highest BCUT2D eigenvalue weighted by atomic mass is 16.5. The molecule has 2 N–H and O–H groups in total. The van der Waals surface area contributed by atoms with Gasteiger partial charge in [-0.05, 0) is 18.9 Å². The summed E-state index contributed by atoms with van der Waals surface area (Å²) in [5.74, 6) is 1.06. The Kier molecular flexibility index (Phi) is 3.61. The number of hydrogen-bond acceptors (Lipinski definition) is 4. The molecule has 0 aliphatic heterocycles. The fourth-order valence-corrected chi connectivity index (χ4v) is 1.51. The Morgan fingerprint density at radius 2 is 2.39 bits per heavy atom. The molecule has 0 radical (unpaired) electrons. The molecule has 0 aromatic carbocycles. The van der Waals surface area contributed by atoms with Crippen molar-refractivity contribution in [2.75, 3.05) is 11.9 Å². The van der Waals surface area contributed by atoms with Crippen LogP contribution in [0.1, 0.15) is 11.3 Å². The second-order valence-corrected chi connectivity index (χ2v) is 3.98. The Balaban J connectivity index is 1.72. The second-order valence-electron chi connectivity index (χ2n) is 3.98. The van der Waals surface area contributed by atoms with Gasteiger partial charge in [-0.3, -0.25) is 10.00 Å². The lowest BCUT2D eigenvalue weighted by Crippen LogP contribution is -2.30. The maximum absolute atomic E-state index is 11.5. The maximum atomic E-state index is 11.5. The number of aryl methyl sites for hydroxylation is 2. The van der Waals surface area contributed by atoms with Crippen LogP contribution in [0.15, 0.2) is 23.0 Å². The van der Waals surface area contributed by atoms with Gasteiger partial charge in [0, 0.05) is 25.9 Å². The van der Waals surface area contributed by atoms with E-state index >= 15 is 0 Å². The van der Waals surface area contributed by atoms with Crippen LogP contribution < -0.4 is 10.6 Å². The molecule has 0 unspecified atom stereocenters. The average Bonchev–Trinajstić information content (AvgIpc) is 2.88. The fraction of sp³-hybridized carbons (Fsp3) is 0.364. The van der Waals surface area contributed by atoms with Crippen molar-refractivity contribution in [1.29, 1.82) is 0 Å². The van der Waals surface area contributed by atoms with E-state index in [1.54, 1.807) is 23.9 Å². The van der Waals surface area contributed by atoms with Gasteiger partial charge in [0.15, 0.2) is 5.82 Å². The molecule has 0 spiro atoms. The first-order chi connectivity index (χ1) is 8.63. The molecule has 0 saturated heterocycles. The van der Waals surface area contributed by atoms with Crippen molar-refractivity contribution in [3.63, 3.8) is 0 Å². The SMILES string of the molecule is Cc1cc(NC(=O)NCCc2cnn(C)c2)no1. The Hall–Kier alpha value is -2.31. The quantitative estimate of drug-likeness (QED) is 0.849. The topological polar surface area (TPSA) is 85.0 Å². The van der Waals surface area contributed by atoms with Gasteiger partial charge in [0.25, 0.3) is 0 Å². The number of anilines is 1. The third-order valence-corrected chi connectivity index (χ3v) is 2.33. The first kappa shape index (κ1) is 12.2. The number of rotatable bonds is 4. The van der Waals surface area contributed by atoms with E-state index in [1.165, 1.54) is 0 Å². The minimum atomic E-state index is -0.299. The number of amides is 2. The molecule has 0 atom stereocenters. The molecular weight excluding hydrogens is 234 g/mol. The lowest BCUT2D eigenvalue weighted by molar-refractivity contribution is 0.252. The van der Waals surface area contributed by atoms with Crippen molar-refractivity contribution in [3.05, 3.63) is 29.8 Å². The molecule has 96 valence electrons. The lowest BCUT2D eigenvalue weighted by atomic mass is 10.2. The fourth-order valence-electron chi connectivity index (χ4n) is 1.51. The molecule has 0 aliphatic rings. The molecule has 0 aliphatic carbocycles. The molecule has 7 heteroatoms. The summed E-state index contributed by atoms with van der Waals surface area (Å²) in [6.45, 7) is 2.30. The molecule has 2 aromatic rings. The summed E-state index contributed by atoms with van der Waals surface area (Å²) in [6, 6.07) is 1.35. The van der Waals surface area contributed by atoms with Crippen molar-refractivity contribution < 1.29 is 9.32 Å². The molecular formula is C11H15N5O2. The number of carbonyl (C=O) groups excluding carboxylic acids is 1. The van der Waals surface area contributed by atoms with Crippen molar-refractivity contribution in [2.45, 2.75) is 13.3 Å². The van der Waals surface area contributed by atoms with Gasteiger partial charge in [-0.1, -0.05) is 5.16 Å². The van der Waals surface area contributed by atoms with E-state index in [1.807, 2.05) is 13.2 Å². The second kappa shape index (κ2) is 5.35. The minimum absolute atomic E-state index is 0.299. The van der Waals surface area contributed by atoms with Crippen LogP contribution in [-0.4, -0.2) is 27.5 Å². The molecule has 2 aromatic heterocycles. The summed E-state index contributed by atoms with van der Waals surface area (Å²) >= 11 is 0. The van der Waals surface area contributed by atoms with Crippen LogP contribution in [-0.2, 0) is 13.5 Å². The summed E-state index contributed by atoms with van der Waals surface area (Å²) in [6.07, 6.45) is 4.43. The molecule has 7 nitrogen and oxygen atoms in total. The first-order valence-electron chi connectivity index (χ1n) is 5.59. The Labute approximate surface area is 104 Å². The summed E-state index contributed by atoms with van der Waals surface area (Å²) in [4.78, 5) is 11.5. The molecule has 2 amide bonds. The first-order valence-corrected chi connectivity index (χ1v) is 5.59. The monoisotopic (exact) mass is 249 g/mol. The predicted octanol–water partition coefficient (Wildman–Crippen LogP) is 1.08. The van der Waals surface area contributed by atoms with Gasteiger partial charge in [-0.25, -0.2) is 4.79 Å². The van der Waals surface area contributed by atoms with Gasteiger partial charge in [0.05, 0.1) is 6.20 Å². The van der Waals surface area contributed by atoms with E-state index in [0.717, 1.165) is 12.0 Å². The van der Waals surface area contributed by atoms with Crippen LogP contribution in [0.5, 0.6) is 0 Å². The van der Waals surface area contributed by atoms with E-state index in [0.29, 0.717) is 18.1 Å². The highest BCUT2D eigenvalue weighted by Gasteiger charge is 2.05. The van der Waals surface area contributed by atoms with Crippen molar-refractivity contribution in [1.82, 2.24) is 20.3 Å². The lowest BCUT2D eigenvalue weighted by Gasteiger charge is -2.03. The normalized spacial score (nSPS) is 10.3. The smallest absolute Gasteiger partial charge is 0.320 e. The van der Waals surface area contributed by atoms with Gasteiger partial charge in [-0.15, -0.1) is 0 Å². The predicted molar refractivity (Wildman–Crippen MR) is 65.2 cm³/mol. The summed E-state index contributed by atoms with van der Waals surface area (Å²) in [5, 5.41) is 13.0. The van der Waals surface area contributed by atoms with Crippen LogP contribution in [0.4, 0.5) is 10.6 Å². The summed E-state index contributed by atoms with van der Waals surface area (Å²) in [5.41, 5.74) is 1.08. The van der Waals surface area contributed by atoms with Gasteiger partial charge in [0.1, 0.15) is 5.76 Å². The largest absolute Gasteiger partial charge is 0.360 e. The zero-order valence-corrected chi connectivity index (χ0v) is 10.3. The number of carbonyl (C=O) groups is 1. The average molecular weight is 249 g/mol. The van der Waals surface area contributed by atoms with E-state index in [-0.39, 0.29) is 6.03 Å². The highest BCUT2D eigenvalue weighted by molar-refractivity contribution is 5.88. The van der Waals surface area contributed by atoms with Crippen LogP contribution in [0.25, 0.3) is 0 Å². The Morgan fingerprint density at radius 3 is 3.00 bits per heavy atom. The van der Waals surface area contributed by atoms with Gasteiger partial charge in [0.2, 0.25) is 0 Å². The molecule has 18 heavy (non-hydrogen) atoms. The van der Waals surface area contributed by atoms with Crippen molar-refractivity contribution >= 4 is 11.8 Å². The molecule has 0 fully saturated rings. The van der Waals surface area contributed by atoms with Gasteiger partial charge >= 0.3 is 6.03 Å². The number of urea groups is 1. The molecule has 2 heterocycles. The number of aromatic nitrogens is 3. The zero-order valence-electron chi connectivity index (χ0n) is 10.3. The van der Waals surface area contributed by atoms with E-state index in [4.69, 9.17) is 4.52 Å². The third kappa shape index (κ3) is 3.34. The van der Waals surface area contributed by atoms with E-state index in [2.05, 4.69) is 20.9 Å². The van der Waals surface area contributed by atoms with Gasteiger partial charge in [-0.2, -0.15) is 5.10 Å². The standard InChI is InChI=1S/C11H15N5O2/c1-8-5-10(15-18-8)14-11(17)12-4-3-9-6-13-16(2)7-9/h5-7H,3-4H2,1-2H3,(H2,12,14,15,17). The zero-order chi connectivity index (χ0) is 13.0. The highest BCUT2D eigenvalue weighted by Crippen LogP contribution is 2.06. The van der Waals surface area contributed by atoms with Gasteiger partial charge < -0.3 is 9.84 Å². The Bertz CT molecular complexity index is 531. The van der Waals surface area contributed by atoms with Crippen LogP contribution in [0, 0.1) is 6.92 Å². The Morgan fingerprint density at radius 1 is 1.56 bits per heavy atom. The van der Waals surface area contributed by atoms with Crippen LogP contribution in [0.2, 0.25) is 0 Å². The molecule has 2 rings (SSSR count).